The van der Waals surface area contributed by atoms with Crippen molar-refractivity contribution in [3.8, 4) is 5.75 Å². The summed E-state index contributed by atoms with van der Waals surface area (Å²) >= 11 is 6.03. The molecule has 112 valence electrons. The lowest BCUT2D eigenvalue weighted by Gasteiger charge is -2.22. The molecular formula is C14H12ClN5O2. The number of fused-ring (bicyclic) bond motifs is 1. The Morgan fingerprint density at radius 1 is 1.36 bits per heavy atom. The van der Waals surface area contributed by atoms with Crippen LogP contribution in [-0.4, -0.2) is 31.9 Å². The molecule has 0 saturated heterocycles. The molecule has 1 N–H and O–H groups in total. The van der Waals surface area contributed by atoms with Gasteiger partial charge in [0.15, 0.2) is 5.82 Å². The maximum atomic E-state index is 6.03. The number of halogens is 1. The van der Waals surface area contributed by atoms with E-state index in [0.717, 1.165) is 17.7 Å². The molecule has 8 heteroatoms. The first-order valence-electron chi connectivity index (χ1n) is 6.86. The van der Waals surface area contributed by atoms with E-state index in [1.54, 1.807) is 0 Å². The second-order valence-corrected chi connectivity index (χ2v) is 5.56. The maximum absolute atomic E-state index is 6.03. The minimum absolute atomic E-state index is 0.0296. The number of nitrogens with zero attached hydrogens (tertiary/aromatic N) is 4. The molecule has 0 spiro atoms. The normalized spacial score (nSPS) is 17.0. The first-order chi connectivity index (χ1) is 10.8. The van der Waals surface area contributed by atoms with Gasteiger partial charge in [0.2, 0.25) is 5.89 Å². The van der Waals surface area contributed by atoms with Crippen LogP contribution in [0.4, 0.5) is 0 Å². The molecule has 1 aromatic carbocycles. The van der Waals surface area contributed by atoms with Gasteiger partial charge in [0, 0.05) is 5.02 Å². The third kappa shape index (κ3) is 2.55. The summed E-state index contributed by atoms with van der Waals surface area (Å²) in [5.41, 5.74) is 1.05. The number of benzene rings is 1. The number of ether oxygens (including phenoxy) is 1. The highest BCUT2D eigenvalue weighted by molar-refractivity contribution is 6.30. The lowest BCUT2D eigenvalue weighted by atomic mass is 9.97. The topological polar surface area (TPSA) is 89.7 Å². The molecule has 0 fully saturated rings. The van der Waals surface area contributed by atoms with E-state index >= 15 is 0 Å². The fourth-order valence-electron chi connectivity index (χ4n) is 2.49. The molecule has 4 rings (SSSR count). The molecule has 0 bridgehead atoms. The quantitative estimate of drug-likeness (QED) is 0.796. The molecule has 1 aliphatic rings. The SMILES string of the molecule is Clc1ccc2c(c1)CC(c1nc(Cc3ncn[nH]3)no1)CO2. The molecule has 1 atom stereocenters. The smallest absolute Gasteiger partial charge is 0.233 e. The molecule has 0 aliphatic carbocycles. The van der Waals surface area contributed by atoms with Gasteiger partial charge in [-0.2, -0.15) is 10.1 Å². The second kappa shape index (κ2) is 5.42. The molecule has 1 unspecified atom stereocenters. The van der Waals surface area contributed by atoms with Crippen molar-refractivity contribution in [1.82, 2.24) is 25.3 Å². The summed E-state index contributed by atoms with van der Waals surface area (Å²) in [6.45, 7) is 0.512. The van der Waals surface area contributed by atoms with Crippen molar-refractivity contribution < 1.29 is 9.26 Å². The average molecular weight is 318 g/mol. The minimum Gasteiger partial charge on any atom is -0.492 e. The minimum atomic E-state index is 0.0296. The zero-order chi connectivity index (χ0) is 14.9. The van der Waals surface area contributed by atoms with Crippen molar-refractivity contribution in [3.63, 3.8) is 0 Å². The Morgan fingerprint density at radius 3 is 3.18 bits per heavy atom. The van der Waals surface area contributed by atoms with Gasteiger partial charge in [0.1, 0.15) is 24.5 Å². The van der Waals surface area contributed by atoms with Crippen LogP contribution in [0.15, 0.2) is 29.0 Å². The van der Waals surface area contributed by atoms with Crippen LogP contribution in [0.2, 0.25) is 5.02 Å². The monoisotopic (exact) mass is 317 g/mol. The molecule has 3 heterocycles. The summed E-state index contributed by atoms with van der Waals surface area (Å²) in [5, 5.41) is 11.2. The van der Waals surface area contributed by atoms with Gasteiger partial charge in [0.25, 0.3) is 0 Å². The highest BCUT2D eigenvalue weighted by Crippen LogP contribution is 2.33. The Kier molecular flexibility index (Phi) is 3.27. The van der Waals surface area contributed by atoms with E-state index in [4.69, 9.17) is 20.9 Å². The molecule has 0 radical (unpaired) electrons. The number of rotatable bonds is 3. The Bertz CT molecular complexity index is 786. The summed E-state index contributed by atoms with van der Waals surface area (Å²) < 4.78 is 11.1. The zero-order valence-electron chi connectivity index (χ0n) is 11.5. The van der Waals surface area contributed by atoms with Crippen molar-refractivity contribution in [2.75, 3.05) is 6.61 Å². The lowest BCUT2D eigenvalue weighted by Crippen LogP contribution is -2.19. The van der Waals surface area contributed by atoms with Crippen LogP contribution in [0.25, 0.3) is 0 Å². The van der Waals surface area contributed by atoms with Gasteiger partial charge in [-0.3, -0.25) is 5.10 Å². The number of hydrogen-bond acceptors (Lipinski definition) is 6. The van der Waals surface area contributed by atoms with Gasteiger partial charge in [-0.05, 0) is 30.2 Å². The van der Waals surface area contributed by atoms with E-state index < -0.39 is 0 Å². The lowest BCUT2D eigenvalue weighted by molar-refractivity contribution is 0.230. The summed E-state index contributed by atoms with van der Waals surface area (Å²) in [4.78, 5) is 8.47. The Morgan fingerprint density at radius 2 is 2.32 bits per heavy atom. The molecule has 0 amide bonds. The molecule has 22 heavy (non-hydrogen) atoms. The van der Waals surface area contributed by atoms with Crippen LogP contribution in [-0.2, 0) is 12.8 Å². The Labute approximate surface area is 130 Å². The summed E-state index contributed by atoms with van der Waals surface area (Å²) in [5.74, 6) is 2.73. The van der Waals surface area contributed by atoms with E-state index in [9.17, 15) is 0 Å². The number of aromatic amines is 1. The van der Waals surface area contributed by atoms with E-state index in [2.05, 4.69) is 25.3 Å². The standard InChI is InChI=1S/C14H12ClN5O2/c15-10-1-2-11-8(4-10)3-9(6-21-11)14-18-13(20-22-14)5-12-16-7-17-19-12/h1-2,4,7,9H,3,5-6H2,(H,16,17,19). The predicted molar refractivity (Wildman–Crippen MR) is 76.9 cm³/mol. The van der Waals surface area contributed by atoms with Gasteiger partial charge < -0.3 is 9.26 Å². The summed E-state index contributed by atoms with van der Waals surface area (Å²) in [7, 11) is 0. The van der Waals surface area contributed by atoms with Crippen LogP contribution in [0.5, 0.6) is 5.75 Å². The number of H-pyrrole nitrogens is 1. The second-order valence-electron chi connectivity index (χ2n) is 5.12. The maximum Gasteiger partial charge on any atom is 0.233 e. The van der Waals surface area contributed by atoms with Crippen LogP contribution in [0, 0.1) is 0 Å². The first-order valence-corrected chi connectivity index (χ1v) is 7.23. The first kappa shape index (κ1) is 13.3. The molecular weight excluding hydrogens is 306 g/mol. The molecule has 1 aliphatic heterocycles. The van der Waals surface area contributed by atoms with Crippen molar-refractivity contribution in [3.05, 3.63) is 52.7 Å². The number of aromatic nitrogens is 5. The fraction of sp³-hybridized carbons (Fsp3) is 0.286. The van der Waals surface area contributed by atoms with E-state index in [1.807, 2.05) is 18.2 Å². The van der Waals surface area contributed by atoms with Crippen LogP contribution in [0.3, 0.4) is 0 Å². The van der Waals surface area contributed by atoms with E-state index in [-0.39, 0.29) is 5.92 Å². The predicted octanol–water partition coefficient (Wildman–Crippen LogP) is 2.15. The molecule has 0 saturated carbocycles. The highest BCUT2D eigenvalue weighted by Gasteiger charge is 2.26. The Hall–Kier alpha value is -2.41. The van der Waals surface area contributed by atoms with Gasteiger partial charge in [-0.15, -0.1) is 0 Å². The number of hydrogen-bond donors (Lipinski definition) is 1. The van der Waals surface area contributed by atoms with Gasteiger partial charge in [-0.25, -0.2) is 4.98 Å². The third-order valence-corrected chi connectivity index (χ3v) is 3.79. The molecule has 7 nitrogen and oxygen atoms in total. The van der Waals surface area contributed by atoms with Crippen molar-refractivity contribution in [1.29, 1.82) is 0 Å². The Balaban J connectivity index is 1.52. The molecule has 2 aromatic heterocycles. The van der Waals surface area contributed by atoms with Gasteiger partial charge in [0.05, 0.1) is 12.3 Å². The highest BCUT2D eigenvalue weighted by atomic mass is 35.5. The van der Waals surface area contributed by atoms with Crippen molar-refractivity contribution in [2.45, 2.75) is 18.8 Å². The fourth-order valence-corrected chi connectivity index (χ4v) is 2.69. The van der Waals surface area contributed by atoms with Crippen LogP contribution >= 0.6 is 11.6 Å². The van der Waals surface area contributed by atoms with Gasteiger partial charge in [-0.1, -0.05) is 16.8 Å². The molecule has 3 aromatic rings. The summed E-state index contributed by atoms with van der Waals surface area (Å²) in [6.07, 6.45) is 2.67. The average Bonchev–Trinajstić information content (AvgIpc) is 3.19. The van der Waals surface area contributed by atoms with Crippen molar-refractivity contribution >= 4 is 11.6 Å². The van der Waals surface area contributed by atoms with E-state index in [1.165, 1.54) is 6.33 Å². The largest absolute Gasteiger partial charge is 0.492 e. The number of nitrogens with one attached hydrogen (secondary N) is 1. The third-order valence-electron chi connectivity index (χ3n) is 3.55. The summed E-state index contributed by atoms with van der Waals surface area (Å²) in [6, 6.07) is 5.62. The van der Waals surface area contributed by atoms with Crippen molar-refractivity contribution in [2.24, 2.45) is 0 Å². The van der Waals surface area contributed by atoms with E-state index in [0.29, 0.717) is 35.6 Å². The zero-order valence-corrected chi connectivity index (χ0v) is 12.2. The van der Waals surface area contributed by atoms with Gasteiger partial charge >= 0.3 is 0 Å². The van der Waals surface area contributed by atoms with Crippen LogP contribution in [0.1, 0.15) is 29.0 Å². The van der Waals surface area contributed by atoms with Crippen LogP contribution < -0.4 is 4.74 Å².